The zero-order chi connectivity index (χ0) is 23.3. The number of halogens is 3. The van der Waals surface area contributed by atoms with Crippen molar-refractivity contribution in [1.82, 2.24) is 9.80 Å². The Balaban J connectivity index is 1.64. The standard InChI is InChI=1S/C20H22F3N3O5S/c1-30-16-5-2-14(3-6-16)13-25-8-10-26(11-9-25)19(27)15-4-7-17(24-32(28)29)18(12-15)31-20(21,22)23/h2-7,12,24H,8-11,13H2,1H3,(H,28,29). The molecular formula is C20H22F3N3O5S. The summed E-state index contributed by atoms with van der Waals surface area (Å²) < 4.78 is 69.0. The van der Waals surface area contributed by atoms with Crippen LogP contribution in [-0.2, 0) is 17.8 Å². The number of hydrogen-bond acceptors (Lipinski definition) is 5. The van der Waals surface area contributed by atoms with Gasteiger partial charge in [0.05, 0.1) is 12.8 Å². The Morgan fingerprint density at radius 3 is 2.34 bits per heavy atom. The third kappa shape index (κ3) is 6.58. The smallest absolute Gasteiger partial charge is 0.497 e. The van der Waals surface area contributed by atoms with Crippen molar-refractivity contribution in [2.24, 2.45) is 0 Å². The van der Waals surface area contributed by atoms with Gasteiger partial charge in [-0.25, -0.2) is 4.21 Å². The van der Waals surface area contributed by atoms with Gasteiger partial charge in [0.15, 0.2) is 5.75 Å². The van der Waals surface area contributed by atoms with Gasteiger partial charge in [0, 0.05) is 38.3 Å². The topological polar surface area (TPSA) is 91.3 Å². The highest BCUT2D eigenvalue weighted by Gasteiger charge is 2.33. The van der Waals surface area contributed by atoms with Crippen molar-refractivity contribution in [3.05, 3.63) is 53.6 Å². The predicted molar refractivity (Wildman–Crippen MR) is 112 cm³/mol. The summed E-state index contributed by atoms with van der Waals surface area (Å²) >= 11 is -2.61. The largest absolute Gasteiger partial charge is 0.573 e. The van der Waals surface area contributed by atoms with Crippen molar-refractivity contribution < 1.29 is 36.2 Å². The number of amides is 1. The van der Waals surface area contributed by atoms with Gasteiger partial charge in [-0.15, -0.1) is 13.2 Å². The SMILES string of the molecule is COc1ccc(CN2CCN(C(=O)c3ccc(NS(=O)O)c(OC(F)(F)F)c3)CC2)cc1. The molecule has 1 unspecified atom stereocenters. The number of nitrogens with zero attached hydrogens (tertiary/aromatic N) is 2. The minimum atomic E-state index is -5.03. The van der Waals surface area contributed by atoms with Crippen LogP contribution in [0.4, 0.5) is 18.9 Å². The average molecular weight is 473 g/mol. The molecule has 1 fully saturated rings. The van der Waals surface area contributed by atoms with Gasteiger partial charge in [0.1, 0.15) is 5.75 Å². The third-order valence-corrected chi connectivity index (χ3v) is 5.27. The van der Waals surface area contributed by atoms with Gasteiger partial charge in [-0.1, -0.05) is 12.1 Å². The van der Waals surface area contributed by atoms with Crippen molar-refractivity contribution in [2.45, 2.75) is 12.9 Å². The number of carbonyl (C=O) groups excluding carboxylic acids is 1. The van der Waals surface area contributed by atoms with E-state index in [9.17, 15) is 22.2 Å². The van der Waals surface area contributed by atoms with E-state index in [1.54, 1.807) is 12.0 Å². The lowest BCUT2D eigenvalue weighted by Gasteiger charge is -2.35. The second kappa shape index (κ2) is 10.2. The van der Waals surface area contributed by atoms with E-state index in [0.717, 1.165) is 23.4 Å². The molecule has 0 radical (unpaired) electrons. The number of hydrogen-bond donors (Lipinski definition) is 2. The van der Waals surface area contributed by atoms with Gasteiger partial charge in [0.25, 0.3) is 17.2 Å². The number of anilines is 1. The molecule has 1 amide bonds. The molecule has 0 spiro atoms. The van der Waals surface area contributed by atoms with Crippen LogP contribution in [0.2, 0.25) is 0 Å². The number of benzene rings is 2. The van der Waals surface area contributed by atoms with E-state index in [4.69, 9.17) is 9.29 Å². The molecule has 1 aliphatic heterocycles. The third-order valence-electron chi connectivity index (χ3n) is 4.88. The number of piperazine rings is 1. The highest BCUT2D eigenvalue weighted by Crippen LogP contribution is 2.32. The first-order valence-electron chi connectivity index (χ1n) is 9.56. The van der Waals surface area contributed by atoms with Crippen LogP contribution in [-0.4, -0.2) is 64.1 Å². The molecule has 32 heavy (non-hydrogen) atoms. The van der Waals surface area contributed by atoms with Crippen molar-refractivity contribution in [3.8, 4) is 11.5 Å². The van der Waals surface area contributed by atoms with Gasteiger partial charge in [-0.05, 0) is 35.9 Å². The number of methoxy groups -OCH3 is 1. The maximum atomic E-state index is 12.8. The van der Waals surface area contributed by atoms with Crippen molar-refractivity contribution in [3.63, 3.8) is 0 Å². The van der Waals surface area contributed by atoms with E-state index >= 15 is 0 Å². The molecule has 0 aliphatic carbocycles. The Kier molecular flexibility index (Phi) is 7.59. The normalized spacial score (nSPS) is 15.8. The number of ether oxygens (including phenoxy) is 2. The average Bonchev–Trinajstić information content (AvgIpc) is 2.74. The molecule has 8 nitrogen and oxygen atoms in total. The number of rotatable bonds is 7. The molecule has 1 atom stereocenters. The molecular weight excluding hydrogens is 451 g/mol. The molecule has 12 heteroatoms. The summed E-state index contributed by atoms with van der Waals surface area (Å²) in [4.78, 5) is 16.5. The predicted octanol–water partition coefficient (Wildman–Crippen LogP) is 3.10. The molecule has 1 heterocycles. The van der Waals surface area contributed by atoms with E-state index < -0.39 is 29.3 Å². The molecule has 2 aromatic rings. The van der Waals surface area contributed by atoms with Crippen LogP contribution in [0.25, 0.3) is 0 Å². The highest BCUT2D eigenvalue weighted by molar-refractivity contribution is 7.80. The van der Waals surface area contributed by atoms with Gasteiger partial charge in [0.2, 0.25) is 0 Å². The van der Waals surface area contributed by atoms with Crippen molar-refractivity contribution in [1.29, 1.82) is 0 Å². The first-order valence-corrected chi connectivity index (χ1v) is 10.7. The van der Waals surface area contributed by atoms with Crippen molar-refractivity contribution in [2.75, 3.05) is 38.0 Å². The Bertz CT molecular complexity index is 964. The first kappa shape index (κ1) is 23.8. The van der Waals surface area contributed by atoms with Gasteiger partial charge >= 0.3 is 6.36 Å². The Morgan fingerprint density at radius 2 is 1.78 bits per heavy atom. The van der Waals surface area contributed by atoms with Crippen LogP contribution in [0.5, 0.6) is 11.5 Å². The summed E-state index contributed by atoms with van der Waals surface area (Å²) in [5.41, 5.74) is 0.732. The Hall–Kier alpha value is -2.83. The first-order chi connectivity index (χ1) is 15.1. The molecule has 1 saturated heterocycles. The van der Waals surface area contributed by atoms with Crippen LogP contribution in [0.3, 0.4) is 0 Å². The zero-order valence-corrected chi connectivity index (χ0v) is 17.9. The van der Waals surface area contributed by atoms with E-state index in [2.05, 4.69) is 9.64 Å². The van der Waals surface area contributed by atoms with E-state index in [1.165, 1.54) is 6.07 Å². The fourth-order valence-electron chi connectivity index (χ4n) is 3.32. The lowest BCUT2D eigenvalue weighted by Crippen LogP contribution is -2.48. The monoisotopic (exact) mass is 473 g/mol. The molecule has 0 bridgehead atoms. The maximum absolute atomic E-state index is 12.8. The Labute approximate surface area is 185 Å². The highest BCUT2D eigenvalue weighted by atomic mass is 32.2. The second-order valence-corrected chi connectivity index (χ2v) is 7.73. The number of nitrogens with one attached hydrogen (secondary N) is 1. The van der Waals surface area contributed by atoms with Crippen LogP contribution in [0, 0.1) is 0 Å². The van der Waals surface area contributed by atoms with E-state index in [1.807, 2.05) is 29.0 Å². The molecule has 3 rings (SSSR count). The molecule has 1 aliphatic rings. The minimum Gasteiger partial charge on any atom is -0.497 e. The zero-order valence-electron chi connectivity index (χ0n) is 17.1. The number of carbonyl (C=O) groups is 1. The van der Waals surface area contributed by atoms with E-state index in [-0.39, 0.29) is 11.3 Å². The lowest BCUT2D eigenvalue weighted by molar-refractivity contribution is -0.274. The van der Waals surface area contributed by atoms with Gasteiger partial charge in [-0.2, -0.15) is 0 Å². The van der Waals surface area contributed by atoms with Crippen LogP contribution >= 0.6 is 0 Å². The van der Waals surface area contributed by atoms with Gasteiger partial charge in [-0.3, -0.25) is 19.0 Å². The fraction of sp³-hybridized carbons (Fsp3) is 0.350. The summed E-state index contributed by atoms with van der Waals surface area (Å²) in [7, 11) is 1.60. The van der Waals surface area contributed by atoms with Crippen LogP contribution in [0.1, 0.15) is 15.9 Å². The van der Waals surface area contributed by atoms with E-state index in [0.29, 0.717) is 32.7 Å². The van der Waals surface area contributed by atoms with Crippen LogP contribution in [0.15, 0.2) is 42.5 Å². The number of alkyl halides is 3. The van der Waals surface area contributed by atoms with Crippen molar-refractivity contribution >= 4 is 22.9 Å². The summed E-state index contributed by atoms with van der Waals surface area (Å²) in [5, 5.41) is 0. The molecule has 2 N–H and O–H groups in total. The molecule has 174 valence electrons. The summed E-state index contributed by atoms with van der Waals surface area (Å²) in [5.74, 6) is -0.439. The second-order valence-electron chi connectivity index (χ2n) is 7.03. The summed E-state index contributed by atoms with van der Waals surface area (Å²) in [6.07, 6.45) is -5.03. The van der Waals surface area contributed by atoms with Crippen LogP contribution < -0.4 is 14.2 Å². The Morgan fingerprint density at radius 1 is 1.12 bits per heavy atom. The lowest BCUT2D eigenvalue weighted by atomic mass is 10.1. The fourth-order valence-corrected chi connectivity index (χ4v) is 3.68. The van der Waals surface area contributed by atoms with Gasteiger partial charge < -0.3 is 14.4 Å². The molecule has 0 aromatic heterocycles. The summed E-state index contributed by atoms with van der Waals surface area (Å²) in [6.45, 7) is 2.73. The molecule has 2 aromatic carbocycles. The summed E-state index contributed by atoms with van der Waals surface area (Å²) in [6, 6.07) is 11.0. The minimum absolute atomic E-state index is 0.0119. The molecule has 0 saturated carbocycles. The quantitative estimate of drug-likeness (QED) is 0.601. The maximum Gasteiger partial charge on any atom is 0.573 e.